The smallest absolute Gasteiger partial charge is 0.241 e. The number of aromatic nitrogens is 3. The second-order valence-electron chi connectivity index (χ2n) is 7.73. The molecule has 7 heteroatoms. The summed E-state index contributed by atoms with van der Waals surface area (Å²) in [6, 6.07) is 14.2. The first-order valence-corrected chi connectivity index (χ1v) is 10.9. The zero-order valence-corrected chi connectivity index (χ0v) is 18.4. The lowest BCUT2D eigenvalue weighted by molar-refractivity contribution is 0.181. The third-order valence-electron chi connectivity index (χ3n) is 5.86. The molecular formula is C23H23BrN4O2. The van der Waals surface area contributed by atoms with Gasteiger partial charge >= 0.3 is 0 Å². The van der Waals surface area contributed by atoms with Crippen molar-refractivity contribution in [3.63, 3.8) is 0 Å². The lowest BCUT2D eigenvalue weighted by atomic mass is 9.89. The number of halogens is 1. The number of methoxy groups -OCH3 is 1. The van der Waals surface area contributed by atoms with Gasteiger partial charge in [-0.2, -0.15) is 4.98 Å². The van der Waals surface area contributed by atoms with Crippen LogP contribution in [0, 0.1) is 0 Å². The van der Waals surface area contributed by atoms with E-state index < -0.39 is 0 Å². The van der Waals surface area contributed by atoms with Crippen molar-refractivity contribution in [3.8, 4) is 17.1 Å². The molecule has 1 aliphatic heterocycles. The van der Waals surface area contributed by atoms with Crippen molar-refractivity contribution in [1.29, 1.82) is 0 Å². The summed E-state index contributed by atoms with van der Waals surface area (Å²) < 4.78 is 11.9. The number of nitrogens with zero attached hydrogens (tertiary/aromatic N) is 3. The van der Waals surface area contributed by atoms with Crippen molar-refractivity contribution in [2.45, 2.75) is 25.3 Å². The van der Waals surface area contributed by atoms with E-state index in [1.807, 2.05) is 30.3 Å². The van der Waals surface area contributed by atoms with E-state index in [-0.39, 0.29) is 0 Å². The Bertz CT molecular complexity index is 1160. The van der Waals surface area contributed by atoms with Crippen LogP contribution in [0.3, 0.4) is 0 Å². The average Bonchev–Trinajstić information content (AvgIpc) is 3.41. The van der Waals surface area contributed by atoms with Crippen LogP contribution in [0.5, 0.6) is 5.75 Å². The number of H-pyrrole nitrogens is 1. The van der Waals surface area contributed by atoms with E-state index in [0.717, 1.165) is 41.7 Å². The number of rotatable bonds is 5. The van der Waals surface area contributed by atoms with Gasteiger partial charge in [-0.05, 0) is 67.7 Å². The van der Waals surface area contributed by atoms with Crippen LogP contribution < -0.4 is 4.74 Å². The third kappa shape index (κ3) is 3.87. The molecule has 154 valence electrons. The Balaban J connectivity index is 1.24. The Labute approximate surface area is 183 Å². The fourth-order valence-electron chi connectivity index (χ4n) is 4.24. The molecule has 1 N–H and O–H groups in total. The fourth-order valence-corrected chi connectivity index (χ4v) is 4.64. The van der Waals surface area contributed by atoms with E-state index in [2.05, 4.69) is 54.3 Å². The molecule has 0 saturated carbocycles. The predicted octanol–water partition coefficient (Wildman–Crippen LogP) is 5.37. The van der Waals surface area contributed by atoms with E-state index in [1.165, 1.54) is 16.5 Å². The van der Waals surface area contributed by atoms with Gasteiger partial charge in [0.25, 0.3) is 0 Å². The van der Waals surface area contributed by atoms with Gasteiger partial charge < -0.3 is 14.2 Å². The first-order chi connectivity index (χ1) is 14.7. The van der Waals surface area contributed by atoms with Crippen LogP contribution in [-0.2, 0) is 6.54 Å². The maximum absolute atomic E-state index is 5.51. The van der Waals surface area contributed by atoms with E-state index in [4.69, 9.17) is 9.26 Å². The van der Waals surface area contributed by atoms with Crippen LogP contribution in [0.25, 0.3) is 22.3 Å². The van der Waals surface area contributed by atoms with Crippen LogP contribution in [-0.4, -0.2) is 40.2 Å². The molecule has 3 heterocycles. The molecule has 1 fully saturated rings. The Morgan fingerprint density at radius 2 is 2.07 bits per heavy atom. The number of ether oxygens (including phenoxy) is 1. The predicted molar refractivity (Wildman–Crippen MR) is 120 cm³/mol. The van der Waals surface area contributed by atoms with Crippen molar-refractivity contribution in [2.24, 2.45) is 0 Å². The number of piperidine rings is 1. The number of nitrogens with one attached hydrogen (secondary N) is 1. The summed E-state index contributed by atoms with van der Waals surface area (Å²) in [7, 11) is 1.71. The highest BCUT2D eigenvalue weighted by Crippen LogP contribution is 2.35. The maximum atomic E-state index is 5.51. The monoisotopic (exact) mass is 466 g/mol. The van der Waals surface area contributed by atoms with E-state index >= 15 is 0 Å². The maximum Gasteiger partial charge on any atom is 0.241 e. The standard InChI is InChI=1S/C23H23BrN4O2/c1-29-18-5-6-21-19(12-18)20(13-25-21)15-7-9-28(10-8-15)14-22-26-23(27-30-22)16-3-2-4-17(24)11-16/h2-6,11-13,15,25H,7-10,14H2,1H3. The highest BCUT2D eigenvalue weighted by atomic mass is 79.9. The molecule has 5 rings (SSSR count). The number of aromatic amines is 1. The minimum Gasteiger partial charge on any atom is -0.497 e. The molecule has 4 aromatic rings. The van der Waals surface area contributed by atoms with Gasteiger partial charge in [-0.25, -0.2) is 0 Å². The van der Waals surface area contributed by atoms with Gasteiger partial charge in [0.1, 0.15) is 5.75 Å². The molecule has 1 saturated heterocycles. The summed E-state index contributed by atoms with van der Waals surface area (Å²) in [6.07, 6.45) is 4.38. The minimum absolute atomic E-state index is 0.544. The minimum atomic E-state index is 0.544. The molecular weight excluding hydrogens is 444 g/mol. The second kappa shape index (κ2) is 8.24. The second-order valence-corrected chi connectivity index (χ2v) is 8.64. The van der Waals surface area contributed by atoms with Gasteiger partial charge in [0.2, 0.25) is 11.7 Å². The average molecular weight is 467 g/mol. The highest BCUT2D eigenvalue weighted by molar-refractivity contribution is 9.10. The summed E-state index contributed by atoms with van der Waals surface area (Å²) in [6.45, 7) is 2.71. The lowest BCUT2D eigenvalue weighted by Gasteiger charge is -2.30. The van der Waals surface area contributed by atoms with Crippen LogP contribution in [0.15, 0.2) is 57.7 Å². The van der Waals surface area contributed by atoms with Crippen molar-refractivity contribution in [2.75, 3.05) is 20.2 Å². The molecule has 0 unspecified atom stereocenters. The van der Waals surface area contributed by atoms with Crippen molar-refractivity contribution in [1.82, 2.24) is 20.0 Å². The topological polar surface area (TPSA) is 67.2 Å². The zero-order chi connectivity index (χ0) is 20.5. The van der Waals surface area contributed by atoms with E-state index in [9.17, 15) is 0 Å². The van der Waals surface area contributed by atoms with Gasteiger partial charge in [-0.15, -0.1) is 0 Å². The third-order valence-corrected chi connectivity index (χ3v) is 6.35. The Hall–Kier alpha value is -2.64. The Kier molecular flexibility index (Phi) is 5.31. The first kappa shape index (κ1) is 19.3. The van der Waals surface area contributed by atoms with Crippen LogP contribution in [0.1, 0.15) is 30.2 Å². The Morgan fingerprint density at radius 3 is 2.87 bits per heavy atom. The normalized spacial score (nSPS) is 15.7. The quantitative estimate of drug-likeness (QED) is 0.428. The summed E-state index contributed by atoms with van der Waals surface area (Å²) in [5.41, 5.74) is 3.50. The molecule has 1 aliphatic rings. The molecule has 30 heavy (non-hydrogen) atoms. The van der Waals surface area contributed by atoms with Gasteiger partial charge in [-0.1, -0.05) is 33.2 Å². The lowest BCUT2D eigenvalue weighted by Crippen LogP contribution is -2.32. The molecule has 0 amide bonds. The summed E-state index contributed by atoms with van der Waals surface area (Å²) in [4.78, 5) is 10.4. The van der Waals surface area contributed by atoms with Gasteiger partial charge in [0.15, 0.2) is 0 Å². The number of hydrogen-bond acceptors (Lipinski definition) is 5. The molecule has 2 aromatic heterocycles. The summed E-state index contributed by atoms with van der Waals surface area (Å²) in [5.74, 6) is 2.75. The largest absolute Gasteiger partial charge is 0.497 e. The van der Waals surface area contributed by atoms with E-state index in [1.54, 1.807) is 7.11 Å². The molecule has 2 aromatic carbocycles. The fraction of sp³-hybridized carbons (Fsp3) is 0.304. The number of likely N-dealkylation sites (tertiary alicyclic amines) is 1. The van der Waals surface area contributed by atoms with Crippen LogP contribution in [0.4, 0.5) is 0 Å². The molecule has 0 spiro atoms. The molecule has 0 aliphatic carbocycles. The van der Waals surface area contributed by atoms with Gasteiger partial charge in [-0.3, -0.25) is 4.90 Å². The molecule has 6 nitrogen and oxygen atoms in total. The molecule has 0 radical (unpaired) electrons. The van der Waals surface area contributed by atoms with Crippen molar-refractivity contribution < 1.29 is 9.26 Å². The van der Waals surface area contributed by atoms with Crippen LogP contribution in [0.2, 0.25) is 0 Å². The Morgan fingerprint density at radius 1 is 1.20 bits per heavy atom. The number of hydrogen-bond donors (Lipinski definition) is 1. The number of fused-ring (bicyclic) bond motifs is 1. The summed E-state index contributed by atoms with van der Waals surface area (Å²) in [5, 5.41) is 5.42. The molecule has 0 atom stereocenters. The van der Waals surface area contributed by atoms with Crippen LogP contribution >= 0.6 is 15.9 Å². The van der Waals surface area contributed by atoms with Gasteiger partial charge in [0, 0.05) is 27.1 Å². The summed E-state index contributed by atoms with van der Waals surface area (Å²) >= 11 is 3.49. The van der Waals surface area contributed by atoms with E-state index in [0.29, 0.717) is 24.2 Å². The van der Waals surface area contributed by atoms with Crippen molar-refractivity contribution >= 4 is 26.8 Å². The number of benzene rings is 2. The first-order valence-electron chi connectivity index (χ1n) is 10.2. The molecule has 0 bridgehead atoms. The highest BCUT2D eigenvalue weighted by Gasteiger charge is 2.24. The SMILES string of the molecule is COc1ccc2[nH]cc(C3CCN(Cc4nc(-c5cccc(Br)c5)no4)CC3)c2c1. The van der Waals surface area contributed by atoms with Gasteiger partial charge in [0.05, 0.1) is 13.7 Å². The zero-order valence-electron chi connectivity index (χ0n) is 16.8. The van der Waals surface area contributed by atoms with Crippen molar-refractivity contribution in [3.05, 3.63) is 64.6 Å².